The van der Waals surface area contributed by atoms with E-state index in [4.69, 9.17) is 4.74 Å². The maximum absolute atomic E-state index is 12.5. The number of hydrogen-bond donors (Lipinski definition) is 3. The van der Waals surface area contributed by atoms with Crippen LogP contribution < -0.4 is 20.9 Å². The molecule has 0 unspecified atom stereocenters. The summed E-state index contributed by atoms with van der Waals surface area (Å²) in [4.78, 5) is 37.2. The number of para-hydroxylation sites is 1. The fraction of sp³-hybridized carbons (Fsp3) is 0.192. The van der Waals surface area contributed by atoms with Gasteiger partial charge in [-0.25, -0.2) is 0 Å². The van der Waals surface area contributed by atoms with Crippen molar-refractivity contribution in [1.82, 2.24) is 10.9 Å². The van der Waals surface area contributed by atoms with E-state index in [0.29, 0.717) is 28.1 Å². The Bertz CT molecular complexity index is 1150. The predicted octanol–water partition coefficient (Wildman–Crippen LogP) is 4.32. The summed E-state index contributed by atoms with van der Waals surface area (Å²) in [6.45, 7) is 6.34. The molecule has 3 rings (SSSR count). The molecule has 0 fully saturated rings. The molecule has 3 N–H and O–H groups in total. The number of anilines is 1. The Balaban J connectivity index is 1.57. The Morgan fingerprint density at radius 3 is 1.85 bits per heavy atom. The van der Waals surface area contributed by atoms with Crippen LogP contribution in [-0.4, -0.2) is 24.8 Å². The summed E-state index contributed by atoms with van der Waals surface area (Å²) < 4.78 is 5.15. The van der Waals surface area contributed by atoms with Crippen molar-refractivity contribution in [1.29, 1.82) is 0 Å². The lowest BCUT2D eigenvalue weighted by molar-refractivity contribution is 0.0845. The molecule has 0 bridgehead atoms. The number of benzene rings is 3. The minimum absolute atomic E-state index is 0.0119. The largest absolute Gasteiger partial charge is 0.496 e. The van der Waals surface area contributed by atoms with Crippen molar-refractivity contribution in [2.45, 2.75) is 26.2 Å². The lowest BCUT2D eigenvalue weighted by Crippen LogP contribution is -2.41. The summed E-state index contributed by atoms with van der Waals surface area (Å²) in [6, 6.07) is 20.5. The first-order chi connectivity index (χ1) is 15.7. The summed E-state index contributed by atoms with van der Waals surface area (Å²) in [7, 11) is 1.46. The van der Waals surface area contributed by atoms with Gasteiger partial charge in [0.1, 0.15) is 5.75 Å². The van der Waals surface area contributed by atoms with Crippen molar-refractivity contribution in [2.24, 2.45) is 0 Å². The minimum Gasteiger partial charge on any atom is -0.496 e. The second-order valence-corrected chi connectivity index (χ2v) is 8.47. The van der Waals surface area contributed by atoms with Crippen LogP contribution in [0.4, 0.5) is 5.69 Å². The first kappa shape index (κ1) is 23.5. The molecule has 0 spiro atoms. The number of methoxy groups -OCH3 is 1. The highest BCUT2D eigenvalue weighted by Crippen LogP contribution is 2.22. The third-order valence-electron chi connectivity index (χ3n) is 5.06. The zero-order chi connectivity index (χ0) is 24.0. The van der Waals surface area contributed by atoms with Crippen LogP contribution in [0.25, 0.3) is 0 Å². The molecule has 0 saturated carbocycles. The van der Waals surface area contributed by atoms with E-state index in [9.17, 15) is 14.4 Å². The van der Waals surface area contributed by atoms with Gasteiger partial charge in [-0.1, -0.05) is 45.0 Å². The maximum atomic E-state index is 12.5. The zero-order valence-corrected chi connectivity index (χ0v) is 19.1. The number of rotatable bonds is 5. The monoisotopic (exact) mass is 445 g/mol. The fourth-order valence-corrected chi connectivity index (χ4v) is 3.12. The van der Waals surface area contributed by atoms with Gasteiger partial charge in [0, 0.05) is 16.8 Å². The molecular formula is C26H27N3O4. The van der Waals surface area contributed by atoms with Crippen LogP contribution in [0.5, 0.6) is 5.75 Å². The second kappa shape index (κ2) is 9.99. The average molecular weight is 446 g/mol. The van der Waals surface area contributed by atoms with E-state index >= 15 is 0 Å². The molecule has 3 aromatic carbocycles. The van der Waals surface area contributed by atoms with Crippen molar-refractivity contribution in [2.75, 3.05) is 12.4 Å². The highest BCUT2D eigenvalue weighted by Gasteiger charge is 2.15. The van der Waals surface area contributed by atoms with Gasteiger partial charge in [-0.15, -0.1) is 0 Å². The van der Waals surface area contributed by atoms with Gasteiger partial charge in [0.2, 0.25) is 0 Å². The molecule has 170 valence electrons. The van der Waals surface area contributed by atoms with Crippen LogP contribution in [0.1, 0.15) is 57.4 Å². The summed E-state index contributed by atoms with van der Waals surface area (Å²) in [5.74, 6) is -0.829. The topological polar surface area (TPSA) is 96.5 Å². The smallest absolute Gasteiger partial charge is 0.273 e. The van der Waals surface area contributed by atoms with Crippen molar-refractivity contribution in [3.8, 4) is 5.75 Å². The normalized spacial score (nSPS) is 10.8. The van der Waals surface area contributed by atoms with Gasteiger partial charge < -0.3 is 10.1 Å². The van der Waals surface area contributed by atoms with E-state index in [1.807, 2.05) is 12.1 Å². The molecule has 7 heteroatoms. The van der Waals surface area contributed by atoms with Crippen LogP contribution in [-0.2, 0) is 5.41 Å². The lowest BCUT2D eigenvalue weighted by Gasteiger charge is -2.19. The van der Waals surface area contributed by atoms with Gasteiger partial charge in [-0.05, 0) is 59.5 Å². The summed E-state index contributed by atoms with van der Waals surface area (Å²) in [6.07, 6.45) is 0. The molecule has 3 aromatic rings. The number of amides is 3. The van der Waals surface area contributed by atoms with Gasteiger partial charge in [-0.3, -0.25) is 25.2 Å². The fourth-order valence-electron chi connectivity index (χ4n) is 3.12. The SMILES string of the molecule is COc1ccccc1C(=O)NNC(=O)c1ccc(NC(=O)c2ccc(C(C)(C)C)cc2)cc1. The summed E-state index contributed by atoms with van der Waals surface area (Å²) >= 11 is 0. The van der Waals surface area contributed by atoms with Crippen LogP contribution in [0, 0.1) is 0 Å². The first-order valence-corrected chi connectivity index (χ1v) is 10.4. The van der Waals surface area contributed by atoms with E-state index in [-0.39, 0.29) is 11.3 Å². The summed E-state index contributed by atoms with van der Waals surface area (Å²) in [5.41, 5.74) is 7.61. The Morgan fingerprint density at radius 1 is 0.697 bits per heavy atom. The molecule has 0 aliphatic rings. The molecule has 0 radical (unpaired) electrons. The van der Waals surface area contributed by atoms with Gasteiger partial charge >= 0.3 is 0 Å². The third kappa shape index (κ3) is 5.98. The number of ether oxygens (including phenoxy) is 1. The van der Waals surface area contributed by atoms with Crippen molar-refractivity contribution in [3.05, 3.63) is 95.1 Å². The molecule has 3 amide bonds. The zero-order valence-electron chi connectivity index (χ0n) is 19.1. The Kier molecular flexibility index (Phi) is 7.13. The Labute approximate surface area is 193 Å². The van der Waals surface area contributed by atoms with E-state index in [1.165, 1.54) is 7.11 Å². The number of nitrogens with one attached hydrogen (secondary N) is 3. The second-order valence-electron chi connectivity index (χ2n) is 8.47. The van der Waals surface area contributed by atoms with Gasteiger partial charge in [0.05, 0.1) is 12.7 Å². The highest BCUT2D eigenvalue weighted by molar-refractivity contribution is 6.05. The van der Waals surface area contributed by atoms with Gasteiger partial charge in [0.15, 0.2) is 0 Å². The Hall–Kier alpha value is -4.13. The third-order valence-corrected chi connectivity index (χ3v) is 5.06. The van der Waals surface area contributed by atoms with E-state index < -0.39 is 11.8 Å². The molecule has 33 heavy (non-hydrogen) atoms. The quantitative estimate of drug-likeness (QED) is 0.510. The molecule has 0 aliphatic carbocycles. The average Bonchev–Trinajstić information content (AvgIpc) is 2.82. The highest BCUT2D eigenvalue weighted by atomic mass is 16.5. The lowest BCUT2D eigenvalue weighted by atomic mass is 9.87. The number of carbonyl (C=O) groups is 3. The number of hydrogen-bond acceptors (Lipinski definition) is 4. The minimum atomic E-state index is -0.498. The summed E-state index contributed by atoms with van der Waals surface area (Å²) in [5, 5.41) is 2.81. The van der Waals surface area contributed by atoms with E-state index in [2.05, 4.69) is 36.9 Å². The molecule has 0 aliphatic heterocycles. The van der Waals surface area contributed by atoms with Crippen molar-refractivity contribution in [3.63, 3.8) is 0 Å². The van der Waals surface area contributed by atoms with Crippen LogP contribution in [0.3, 0.4) is 0 Å². The first-order valence-electron chi connectivity index (χ1n) is 10.4. The molecule has 0 heterocycles. The van der Waals surface area contributed by atoms with Crippen molar-refractivity contribution >= 4 is 23.4 Å². The standard InChI is InChI=1S/C26H27N3O4/c1-26(2,3)19-13-9-17(10-14-19)23(30)27-20-15-11-18(12-16-20)24(31)28-29-25(32)21-7-5-6-8-22(21)33-4/h5-16H,1-4H3,(H,27,30)(H,28,31)(H,29,32). The van der Waals surface area contributed by atoms with Crippen LogP contribution in [0.2, 0.25) is 0 Å². The van der Waals surface area contributed by atoms with Gasteiger partial charge in [0.25, 0.3) is 17.7 Å². The van der Waals surface area contributed by atoms with Crippen LogP contribution >= 0.6 is 0 Å². The number of carbonyl (C=O) groups excluding carboxylic acids is 3. The van der Waals surface area contributed by atoms with Gasteiger partial charge in [-0.2, -0.15) is 0 Å². The Morgan fingerprint density at radius 2 is 1.24 bits per heavy atom. The van der Waals surface area contributed by atoms with E-state index in [1.54, 1.807) is 60.7 Å². The molecule has 0 saturated heterocycles. The number of hydrazine groups is 1. The predicted molar refractivity (Wildman–Crippen MR) is 127 cm³/mol. The van der Waals surface area contributed by atoms with Crippen LogP contribution in [0.15, 0.2) is 72.8 Å². The van der Waals surface area contributed by atoms with Crippen molar-refractivity contribution < 1.29 is 19.1 Å². The molecular weight excluding hydrogens is 418 g/mol. The van der Waals surface area contributed by atoms with E-state index in [0.717, 1.165) is 5.56 Å². The molecule has 7 nitrogen and oxygen atoms in total. The maximum Gasteiger partial charge on any atom is 0.273 e. The molecule has 0 aromatic heterocycles. The molecule has 0 atom stereocenters.